The average molecular weight is 381 g/mol. The van der Waals surface area contributed by atoms with Crippen molar-refractivity contribution >= 4 is 23.3 Å². The molecule has 1 N–H and O–H groups in total. The number of rotatable bonds is 7. The lowest BCUT2D eigenvalue weighted by atomic mass is 10.0. The molecule has 7 heteroatoms. The van der Waals surface area contributed by atoms with E-state index in [2.05, 4.69) is 17.1 Å². The van der Waals surface area contributed by atoms with E-state index in [-0.39, 0.29) is 12.0 Å². The van der Waals surface area contributed by atoms with Crippen LogP contribution >= 0.6 is 11.3 Å². The lowest BCUT2D eigenvalue weighted by Gasteiger charge is -2.22. The molecule has 1 fully saturated rings. The first-order chi connectivity index (χ1) is 12.6. The summed E-state index contributed by atoms with van der Waals surface area (Å²) < 4.78 is 16.5. The number of likely N-dealkylation sites (N-methyl/N-ethyl adjacent to an activating group) is 1. The molecule has 2 heterocycles. The minimum absolute atomic E-state index is 0.0643. The summed E-state index contributed by atoms with van der Waals surface area (Å²) in [6.07, 6.45) is 4.83. The van der Waals surface area contributed by atoms with Gasteiger partial charge in [-0.25, -0.2) is 0 Å². The molecule has 3 rings (SSSR count). The van der Waals surface area contributed by atoms with Crippen molar-refractivity contribution in [2.24, 2.45) is 0 Å². The number of nitrogens with one attached hydrogen (secondary N) is 1. The zero-order valence-electron chi connectivity index (χ0n) is 16.0. The second kappa shape index (κ2) is 8.41. The highest BCUT2D eigenvalue weighted by atomic mass is 32.1. The van der Waals surface area contributed by atoms with Crippen molar-refractivity contribution in [2.45, 2.75) is 38.3 Å². The quantitative estimate of drug-likeness (QED) is 0.788. The summed E-state index contributed by atoms with van der Waals surface area (Å²) in [6, 6.07) is 0.433. The first kappa shape index (κ1) is 19.2. The van der Waals surface area contributed by atoms with Crippen molar-refractivity contribution in [3.05, 3.63) is 21.1 Å². The number of ether oxygens (including phenoxy) is 3. The fourth-order valence-corrected chi connectivity index (χ4v) is 5.04. The second-order valence-corrected chi connectivity index (χ2v) is 7.72. The molecule has 1 amide bonds. The maximum absolute atomic E-state index is 12.8. The zero-order valence-corrected chi connectivity index (χ0v) is 16.8. The Morgan fingerprint density at radius 1 is 1.35 bits per heavy atom. The summed E-state index contributed by atoms with van der Waals surface area (Å²) >= 11 is 1.48. The summed E-state index contributed by atoms with van der Waals surface area (Å²) in [5.41, 5.74) is 0.934. The molecule has 1 aliphatic heterocycles. The number of amides is 1. The van der Waals surface area contributed by atoms with Crippen LogP contribution in [0.4, 0.5) is 0 Å². The fourth-order valence-electron chi connectivity index (χ4n) is 3.85. The molecule has 2 aliphatic rings. The number of carbonyl (C=O) groups is 1. The Morgan fingerprint density at radius 3 is 2.81 bits per heavy atom. The van der Waals surface area contributed by atoms with Crippen LogP contribution in [0.2, 0.25) is 0 Å². The molecule has 1 aromatic heterocycles. The first-order valence-corrected chi connectivity index (χ1v) is 9.94. The van der Waals surface area contributed by atoms with Crippen molar-refractivity contribution in [1.82, 2.24) is 10.2 Å². The van der Waals surface area contributed by atoms with Gasteiger partial charge >= 0.3 is 0 Å². The number of methoxy groups -OCH3 is 3. The molecule has 1 saturated heterocycles. The fraction of sp³-hybridized carbons (Fsp3) is 0.632. The molecule has 144 valence electrons. The molecule has 2 unspecified atom stereocenters. The van der Waals surface area contributed by atoms with Crippen LogP contribution in [0.5, 0.6) is 5.75 Å². The van der Waals surface area contributed by atoms with E-state index in [1.807, 2.05) is 6.08 Å². The summed E-state index contributed by atoms with van der Waals surface area (Å²) in [5, 5.41) is 3.11. The lowest BCUT2D eigenvalue weighted by molar-refractivity contribution is 0.0800. The van der Waals surface area contributed by atoms with Gasteiger partial charge in [0.1, 0.15) is 22.5 Å². The molecule has 2 atom stereocenters. The number of fused-ring (bicyclic) bond motifs is 1. The van der Waals surface area contributed by atoms with E-state index in [1.54, 1.807) is 21.3 Å². The maximum atomic E-state index is 12.8. The van der Waals surface area contributed by atoms with Gasteiger partial charge in [-0.15, -0.1) is 11.3 Å². The van der Waals surface area contributed by atoms with Gasteiger partial charge in [-0.1, -0.05) is 6.92 Å². The predicted octanol–water partition coefficient (Wildman–Crippen LogP) is 2.53. The molecule has 1 aromatic rings. The highest BCUT2D eigenvalue weighted by Gasteiger charge is 2.31. The minimum Gasteiger partial charge on any atom is -0.498 e. The van der Waals surface area contributed by atoms with E-state index in [4.69, 9.17) is 14.2 Å². The Labute approximate surface area is 159 Å². The van der Waals surface area contributed by atoms with Gasteiger partial charge in [0.05, 0.1) is 14.2 Å². The molecule has 6 nitrogen and oxygen atoms in total. The number of likely N-dealkylation sites (tertiary alicyclic amines) is 1. The van der Waals surface area contributed by atoms with E-state index >= 15 is 0 Å². The molecule has 0 bridgehead atoms. The van der Waals surface area contributed by atoms with Crippen molar-refractivity contribution in [2.75, 3.05) is 41.0 Å². The SMILES string of the molecule is CCN1CCCC1CNC(=O)c1sc2c(c1OC)C=C(OC)C(OC)C2. The third-order valence-electron chi connectivity index (χ3n) is 5.29. The third-order valence-corrected chi connectivity index (χ3v) is 6.49. The number of thiophene rings is 1. The van der Waals surface area contributed by atoms with Gasteiger partial charge in [0, 0.05) is 36.6 Å². The average Bonchev–Trinajstić information content (AvgIpc) is 3.27. The molecule has 26 heavy (non-hydrogen) atoms. The molecule has 1 aliphatic carbocycles. The smallest absolute Gasteiger partial charge is 0.265 e. The third kappa shape index (κ3) is 3.61. The molecule has 0 saturated carbocycles. The molecular weight excluding hydrogens is 352 g/mol. The molecular formula is C19H28N2O4S. The summed E-state index contributed by atoms with van der Waals surface area (Å²) in [6.45, 7) is 5.00. The maximum Gasteiger partial charge on any atom is 0.265 e. The number of hydrogen-bond acceptors (Lipinski definition) is 6. The van der Waals surface area contributed by atoms with Crippen molar-refractivity contribution in [1.29, 1.82) is 0 Å². The van der Waals surface area contributed by atoms with Crippen LogP contribution in [0.3, 0.4) is 0 Å². The minimum atomic E-state index is -0.122. The summed E-state index contributed by atoms with van der Waals surface area (Å²) in [5.74, 6) is 1.32. The Bertz CT molecular complexity index is 685. The van der Waals surface area contributed by atoms with Gasteiger partial charge in [0.25, 0.3) is 5.91 Å². The van der Waals surface area contributed by atoms with Crippen LogP contribution in [0.15, 0.2) is 5.76 Å². The zero-order chi connectivity index (χ0) is 18.7. The molecule has 0 radical (unpaired) electrons. The van der Waals surface area contributed by atoms with Crippen molar-refractivity contribution in [3.63, 3.8) is 0 Å². The van der Waals surface area contributed by atoms with E-state index in [1.165, 1.54) is 17.8 Å². The van der Waals surface area contributed by atoms with E-state index < -0.39 is 0 Å². The van der Waals surface area contributed by atoms with E-state index in [9.17, 15) is 4.79 Å². The van der Waals surface area contributed by atoms with Crippen molar-refractivity contribution in [3.8, 4) is 5.75 Å². The van der Waals surface area contributed by atoms with Gasteiger partial charge in [0.15, 0.2) is 0 Å². The first-order valence-electron chi connectivity index (χ1n) is 9.13. The Hall–Kier alpha value is -1.57. The van der Waals surface area contributed by atoms with Crippen LogP contribution in [-0.2, 0) is 15.9 Å². The van der Waals surface area contributed by atoms with Crippen LogP contribution in [-0.4, -0.2) is 63.9 Å². The van der Waals surface area contributed by atoms with Crippen LogP contribution in [0.25, 0.3) is 6.08 Å². The topological polar surface area (TPSA) is 60.0 Å². The highest BCUT2D eigenvalue weighted by molar-refractivity contribution is 7.14. The Morgan fingerprint density at radius 2 is 2.15 bits per heavy atom. The van der Waals surface area contributed by atoms with E-state index in [0.29, 0.717) is 29.6 Å². The van der Waals surface area contributed by atoms with Crippen LogP contribution in [0.1, 0.15) is 39.9 Å². The molecule has 0 spiro atoms. The normalized spacial score (nSPS) is 22.7. The van der Waals surface area contributed by atoms with Gasteiger partial charge in [0.2, 0.25) is 0 Å². The van der Waals surface area contributed by atoms with Gasteiger partial charge in [-0.3, -0.25) is 9.69 Å². The second-order valence-electron chi connectivity index (χ2n) is 6.62. The predicted molar refractivity (Wildman–Crippen MR) is 103 cm³/mol. The van der Waals surface area contributed by atoms with Gasteiger partial charge in [-0.2, -0.15) is 0 Å². The monoisotopic (exact) mass is 380 g/mol. The van der Waals surface area contributed by atoms with Gasteiger partial charge < -0.3 is 19.5 Å². The van der Waals surface area contributed by atoms with E-state index in [0.717, 1.165) is 35.7 Å². The largest absolute Gasteiger partial charge is 0.498 e. The van der Waals surface area contributed by atoms with Crippen molar-refractivity contribution < 1.29 is 19.0 Å². The van der Waals surface area contributed by atoms with Crippen LogP contribution < -0.4 is 10.1 Å². The highest BCUT2D eigenvalue weighted by Crippen LogP contribution is 2.41. The Balaban J connectivity index is 1.77. The van der Waals surface area contributed by atoms with Crippen LogP contribution in [0, 0.1) is 0 Å². The lowest BCUT2D eigenvalue weighted by Crippen LogP contribution is -2.39. The number of hydrogen-bond donors (Lipinski definition) is 1. The molecule has 0 aromatic carbocycles. The number of nitrogens with zero attached hydrogens (tertiary/aromatic N) is 1. The number of carbonyl (C=O) groups excluding carboxylic acids is 1. The standard InChI is InChI=1S/C19H28N2O4S/c1-5-21-8-6-7-12(21)11-20-19(22)18-17(25-4)13-9-14(23-2)15(24-3)10-16(13)26-18/h9,12,15H,5-8,10-11H2,1-4H3,(H,20,22). The Kier molecular flexibility index (Phi) is 6.21. The summed E-state index contributed by atoms with van der Waals surface area (Å²) in [4.78, 5) is 17.0. The van der Waals surface area contributed by atoms with Gasteiger partial charge in [-0.05, 0) is 32.0 Å². The summed E-state index contributed by atoms with van der Waals surface area (Å²) in [7, 11) is 4.91.